The van der Waals surface area contributed by atoms with Crippen molar-refractivity contribution in [1.29, 1.82) is 0 Å². The lowest BCUT2D eigenvalue weighted by atomic mass is 9.89. The van der Waals surface area contributed by atoms with Crippen molar-refractivity contribution in [3.63, 3.8) is 0 Å². The molecule has 1 atom stereocenters. The minimum Gasteiger partial charge on any atom is -0.491 e. The first-order valence-corrected chi connectivity index (χ1v) is 8.45. The second-order valence-corrected chi connectivity index (χ2v) is 6.80. The van der Waals surface area contributed by atoms with Crippen LogP contribution in [0.1, 0.15) is 36.0 Å². The number of hydrogen-bond acceptors (Lipinski definition) is 2. The molecular weight excluding hydrogens is 375 g/mol. The Hall–Kier alpha value is -1.24. The molecule has 0 saturated heterocycles. The van der Waals surface area contributed by atoms with Crippen molar-refractivity contribution in [2.45, 2.75) is 38.3 Å². The first-order chi connectivity index (χ1) is 10.8. The monoisotopic (exact) mass is 391 g/mol. The van der Waals surface area contributed by atoms with Gasteiger partial charge < -0.3 is 9.64 Å². The maximum Gasteiger partial charge on any atom is 0.471 e. The average Bonchev–Trinajstić information content (AvgIpc) is 2.82. The summed E-state index contributed by atoms with van der Waals surface area (Å²) < 4.78 is 44.6. The summed E-state index contributed by atoms with van der Waals surface area (Å²) >= 11 is 3.50. The lowest BCUT2D eigenvalue weighted by molar-refractivity contribution is -0.185. The van der Waals surface area contributed by atoms with E-state index in [4.69, 9.17) is 4.74 Å². The Balaban J connectivity index is 1.94. The zero-order chi connectivity index (χ0) is 16.8. The van der Waals surface area contributed by atoms with Crippen molar-refractivity contribution in [2.75, 3.05) is 19.7 Å². The molecule has 0 aromatic heterocycles. The van der Waals surface area contributed by atoms with E-state index in [-0.39, 0.29) is 19.0 Å². The third-order valence-electron chi connectivity index (χ3n) is 4.62. The number of fused-ring (bicyclic) bond motifs is 3. The highest BCUT2D eigenvalue weighted by Gasteiger charge is 2.43. The lowest BCUT2D eigenvalue weighted by Crippen LogP contribution is -2.42. The number of halogens is 4. The van der Waals surface area contributed by atoms with E-state index in [2.05, 4.69) is 22.9 Å². The quantitative estimate of drug-likeness (QED) is 0.727. The minimum atomic E-state index is -4.81. The highest BCUT2D eigenvalue weighted by atomic mass is 79.9. The van der Waals surface area contributed by atoms with Gasteiger partial charge in [-0.3, -0.25) is 4.79 Å². The maximum absolute atomic E-state index is 12.7. The predicted molar refractivity (Wildman–Crippen MR) is 82.7 cm³/mol. The van der Waals surface area contributed by atoms with Gasteiger partial charge in [0.25, 0.3) is 0 Å². The van der Waals surface area contributed by atoms with Crippen LogP contribution < -0.4 is 4.74 Å². The lowest BCUT2D eigenvalue weighted by Gasteiger charge is -2.21. The van der Waals surface area contributed by atoms with Crippen molar-refractivity contribution in [1.82, 2.24) is 4.90 Å². The number of rotatable bonds is 1. The van der Waals surface area contributed by atoms with Crippen molar-refractivity contribution < 1.29 is 22.7 Å². The fourth-order valence-corrected chi connectivity index (χ4v) is 4.03. The van der Waals surface area contributed by atoms with Gasteiger partial charge in [-0.1, -0.05) is 6.92 Å². The van der Waals surface area contributed by atoms with Gasteiger partial charge in [0.15, 0.2) is 0 Å². The van der Waals surface area contributed by atoms with Gasteiger partial charge >= 0.3 is 12.1 Å². The summed E-state index contributed by atoms with van der Waals surface area (Å²) in [5, 5.41) is 0. The molecule has 3 rings (SSSR count). The molecule has 0 aliphatic carbocycles. The fourth-order valence-electron chi connectivity index (χ4n) is 3.43. The molecule has 0 saturated carbocycles. The van der Waals surface area contributed by atoms with Gasteiger partial charge in [-0.25, -0.2) is 0 Å². The van der Waals surface area contributed by atoms with E-state index in [1.807, 2.05) is 6.07 Å². The van der Waals surface area contributed by atoms with E-state index in [9.17, 15) is 18.0 Å². The zero-order valence-electron chi connectivity index (χ0n) is 12.7. The third kappa shape index (κ3) is 2.95. The van der Waals surface area contributed by atoms with Crippen LogP contribution in [-0.4, -0.2) is 36.7 Å². The fraction of sp³-hybridized carbons (Fsp3) is 0.562. The second-order valence-electron chi connectivity index (χ2n) is 5.95. The van der Waals surface area contributed by atoms with E-state index in [1.54, 1.807) is 0 Å². The summed E-state index contributed by atoms with van der Waals surface area (Å²) in [7, 11) is 0. The molecule has 1 aromatic carbocycles. The van der Waals surface area contributed by atoms with E-state index in [1.165, 1.54) is 0 Å². The van der Waals surface area contributed by atoms with Crippen LogP contribution in [0, 0.1) is 0 Å². The SMILES string of the molecule is CCC1COc2c(Br)cc3c(c21)CCN(C(=O)C(F)(F)F)CC3. The molecule has 2 aliphatic heterocycles. The molecule has 3 nitrogen and oxygen atoms in total. The molecule has 126 valence electrons. The zero-order valence-corrected chi connectivity index (χ0v) is 14.3. The van der Waals surface area contributed by atoms with Crippen LogP contribution in [0.4, 0.5) is 13.2 Å². The first-order valence-electron chi connectivity index (χ1n) is 7.66. The number of amides is 1. The Morgan fingerprint density at radius 3 is 2.74 bits per heavy atom. The van der Waals surface area contributed by atoms with E-state index >= 15 is 0 Å². The number of hydrogen-bond donors (Lipinski definition) is 0. The second kappa shape index (κ2) is 6.00. The van der Waals surface area contributed by atoms with Crippen LogP contribution in [-0.2, 0) is 17.6 Å². The average molecular weight is 392 g/mol. The van der Waals surface area contributed by atoms with Gasteiger partial charge in [0.05, 0.1) is 11.1 Å². The van der Waals surface area contributed by atoms with Crippen LogP contribution >= 0.6 is 15.9 Å². The van der Waals surface area contributed by atoms with Crippen molar-refractivity contribution in [2.24, 2.45) is 0 Å². The van der Waals surface area contributed by atoms with Crippen LogP contribution in [0.3, 0.4) is 0 Å². The number of carbonyl (C=O) groups excluding carboxylic acids is 1. The summed E-state index contributed by atoms with van der Waals surface area (Å²) in [6.07, 6.45) is -3.03. The number of ether oxygens (including phenoxy) is 1. The Labute approximate surface area is 140 Å². The highest BCUT2D eigenvalue weighted by molar-refractivity contribution is 9.10. The summed E-state index contributed by atoms with van der Waals surface area (Å²) in [6.45, 7) is 2.86. The molecular formula is C16H17BrF3NO2. The normalized spacial score (nSPS) is 20.6. The van der Waals surface area contributed by atoms with E-state index in [0.717, 1.165) is 38.2 Å². The van der Waals surface area contributed by atoms with Gasteiger partial charge in [0, 0.05) is 24.6 Å². The van der Waals surface area contributed by atoms with Gasteiger partial charge in [-0.05, 0) is 52.4 Å². The predicted octanol–water partition coefficient (Wildman–Crippen LogP) is 3.82. The Morgan fingerprint density at radius 1 is 1.39 bits per heavy atom. The van der Waals surface area contributed by atoms with E-state index < -0.39 is 12.1 Å². The van der Waals surface area contributed by atoms with Gasteiger partial charge in [-0.15, -0.1) is 0 Å². The minimum absolute atomic E-state index is 0.0915. The standard InChI is InChI=1S/C16H17BrF3NO2/c1-2-9-8-23-14-12(17)7-10-3-5-21(15(22)16(18,19)20)6-4-11(10)13(9)14/h7,9H,2-6,8H2,1H3. The van der Waals surface area contributed by atoms with Gasteiger partial charge in [0.1, 0.15) is 5.75 Å². The molecule has 0 bridgehead atoms. The van der Waals surface area contributed by atoms with Crippen LogP contribution in [0.15, 0.2) is 10.5 Å². The molecule has 1 unspecified atom stereocenters. The van der Waals surface area contributed by atoms with Crippen molar-refractivity contribution >= 4 is 21.8 Å². The summed E-state index contributed by atoms with van der Waals surface area (Å²) in [5.41, 5.74) is 3.18. The first kappa shape index (κ1) is 16.6. The van der Waals surface area contributed by atoms with Crippen molar-refractivity contribution in [3.8, 4) is 5.75 Å². The van der Waals surface area contributed by atoms with Crippen molar-refractivity contribution in [3.05, 3.63) is 27.2 Å². The van der Waals surface area contributed by atoms with Crippen LogP contribution in [0.25, 0.3) is 0 Å². The third-order valence-corrected chi connectivity index (χ3v) is 5.21. The molecule has 0 spiro atoms. The Morgan fingerprint density at radius 2 is 2.09 bits per heavy atom. The molecule has 2 aliphatic rings. The molecule has 0 fully saturated rings. The van der Waals surface area contributed by atoms with Gasteiger partial charge in [-0.2, -0.15) is 13.2 Å². The molecule has 2 heterocycles. The van der Waals surface area contributed by atoms with E-state index in [0.29, 0.717) is 19.4 Å². The largest absolute Gasteiger partial charge is 0.491 e. The Kier molecular flexibility index (Phi) is 4.33. The van der Waals surface area contributed by atoms with Crippen LogP contribution in [0.5, 0.6) is 5.75 Å². The molecule has 1 amide bonds. The van der Waals surface area contributed by atoms with Crippen LogP contribution in [0.2, 0.25) is 0 Å². The molecule has 0 N–H and O–H groups in total. The smallest absolute Gasteiger partial charge is 0.471 e. The summed E-state index contributed by atoms with van der Waals surface area (Å²) in [4.78, 5) is 12.4. The maximum atomic E-state index is 12.7. The number of benzene rings is 1. The number of alkyl halides is 3. The highest BCUT2D eigenvalue weighted by Crippen LogP contribution is 2.45. The Bertz CT molecular complexity index is 645. The summed E-state index contributed by atoms with van der Waals surface area (Å²) in [5.74, 6) is -0.670. The number of nitrogens with zero attached hydrogens (tertiary/aromatic N) is 1. The van der Waals surface area contributed by atoms with Gasteiger partial charge in [0.2, 0.25) is 0 Å². The number of carbonyl (C=O) groups is 1. The molecule has 1 aromatic rings. The topological polar surface area (TPSA) is 29.5 Å². The molecule has 7 heteroatoms. The molecule has 23 heavy (non-hydrogen) atoms. The molecule has 0 radical (unpaired) electrons. The summed E-state index contributed by atoms with van der Waals surface area (Å²) in [6, 6.07) is 1.92.